The molecule has 2 aromatic heterocycles. The molecular formula is C22H24N4O2S. The second-order valence-corrected chi connectivity index (χ2v) is 8.06. The van der Waals surface area contributed by atoms with Gasteiger partial charge in [-0.3, -0.25) is 14.6 Å². The zero-order chi connectivity index (χ0) is 20.4. The number of pyridine rings is 1. The molecule has 1 unspecified atom stereocenters. The summed E-state index contributed by atoms with van der Waals surface area (Å²) in [4.78, 5) is 35.8. The molecule has 1 aromatic carbocycles. The predicted molar refractivity (Wildman–Crippen MR) is 117 cm³/mol. The smallest absolute Gasteiger partial charge is 0.271 e. The van der Waals surface area contributed by atoms with E-state index in [4.69, 9.17) is 0 Å². The van der Waals surface area contributed by atoms with Crippen LogP contribution in [-0.4, -0.2) is 51.9 Å². The van der Waals surface area contributed by atoms with Crippen molar-refractivity contribution in [1.82, 2.24) is 14.9 Å². The number of Topliss-reactive ketones (excluding diaryl/α,β-unsaturated/α-hetero) is 1. The van der Waals surface area contributed by atoms with Crippen molar-refractivity contribution in [2.75, 3.05) is 29.7 Å². The van der Waals surface area contributed by atoms with Crippen LogP contribution < -0.4 is 4.31 Å². The number of para-hydroxylation sites is 1. The first-order valence-electron chi connectivity index (χ1n) is 9.88. The number of hydrogen-bond donors (Lipinski definition) is 1. The van der Waals surface area contributed by atoms with Gasteiger partial charge in [-0.15, -0.1) is 0 Å². The third-order valence-electron chi connectivity index (χ3n) is 5.34. The van der Waals surface area contributed by atoms with Crippen molar-refractivity contribution in [2.45, 2.75) is 13.8 Å². The molecule has 3 aromatic rings. The van der Waals surface area contributed by atoms with E-state index in [0.717, 1.165) is 16.6 Å². The highest BCUT2D eigenvalue weighted by Gasteiger charge is 2.34. The van der Waals surface area contributed by atoms with E-state index >= 15 is 0 Å². The third kappa shape index (κ3) is 3.62. The Hall–Kier alpha value is -2.80. The topological polar surface area (TPSA) is 69.3 Å². The van der Waals surface area contributed by atoms with Crippen LogP contribution in [0.1, 0.15) is 34.7 Å². The largest absolute Gasteiger partial charge is 0.350 e. The summed E-state index contributed by atoms with van der Waals surface area (Å²) in [5.74, 6) is 0.412. The van der Waals surface area contributed by atoms with Crippen LogP contribution in [-0.2, 0) is 0 Å². The number of amides is 1. The van der Waals surface area contributed by atoms with E-state index in [2.05, 4.69) is 14.3 Å². The highest BCUT2D eigenvalue weighted by molar-refractivity contribution is 8.00. The van der Waals surface area contributed by atoms with Crippen LogP contribution in [0.3, 0.4) is 0 Å². The molecular weight excluding hydrogens is 384 g/mol. The average molecular weight is 409 g/mol. The molecule has 4 rings (SSSR count). The van der Waals surface area contributed by atoms with E-state index < -0.39 is 0 Å². The maximum absolute atomic E-state index is 13.6. The molecule has 0 saturated carbocycles. The summed E-state index contributed by atoms with van der Waals surface area (Å²) in [6.07, 6.45) is 3.55. The maximum atomic E-state index is 13.6. The number of aromatic nitrogens is 2. The van der Waals surface area contributed by atoms with Crippen molar-refractivity contribution < 1.29 is 9.59 Å². The van der Waals surface area contributed by atoms with Gasteiger partial charge >= 0.3 is 0 Å². The van der Waals surface area contributed by atoms with E-state index in [-0.39, 0.29) is 17.6 Å². The molecule has 1 aliphatic rings. The number of nitrogens with one attached hydrogen (secondary N) is 1. The van der Waals surface area contributed by atoms with Gasteiger partial charge in [0.15, 0.2) is 5.78 Å². The van der Waals surface area contributed by atoms with Crippen molar-refractivity contribution in [2.24, 2.45) is 5.92 Å². The van der Waals surface area contributed by atoms with Gasteiger partial charge in [0.05, 0.1) is 23.4 Å². The van der Waals surface area contributed by atoms with Crippen molar-refractivity contribution in [3.63, 3.8) is 0 Å². The fourth-order valence-corrected chi connectivity index (χ4v) is 4.92. The Morgan fingerprint density at radius 2 is 2.00 bits per heavy atom. The average Bonchev–Trinajstić information content (AvgIpc) is 3.40. The van der Waals surface area contributed by atoms with Crippen LogP contribution in [0, 0.1) is 5.92 Å². The number of ketones is 1. The second-order valence-electron chi connectivity index (χ2n) is 7.03. The Labute approximate surface area is 174 Å². The van der Waals surface area contributed by atoms with Crippen LogP contribution in [0.4, 0.5) is 5.69 Å². The molecule has 29 heavy (non-hydrogen) atoms. The summed E-state index contributed by atoms with van der Waals surface area (Å²) >= 11 is 1.63. The van der Waals surface area contributed by atoms with Gasteiger partial charge in [-0.25, -0.2) is 0 Å². The molecule has 0 radical (unpaired) electrons. The highest BCUT2D eigenvalue weighted by atomic mass is 32.2. The van der Waals surface area contributed by atoms with Crippen LogP contribution >= 0.6 is 11.9 Å². The molecule has 7 heteroatoms. The summed E-state index contributed by atoms with van der Waals surface area (Å²) in [6, 6.07) is 11.5. The molecule has 0 bridgehead atoms. The van der Waals surface area contributed by atoms with E-state index in [0.29, 0.717) is 36.6 Å². The molecule has 0 aliphatic carbocycles. The summed E-state index contributed by atoms with van der Waals surface area (Å²) in [5.41, 5.74) is 2.74. The van der Waals surface area contributed by atoms with Gasteiger partial charge < -0.3 is 14.2 Å². The van der Waals surface area contributed by atoms with Crippen LogP contribution in [0.15, 0.2) is 48.8 Å². The Bertz CT molecular complexity index is 1030. The highest BCUT2D eigenvalue weighted by Crippen LogP contribution is 2.35. The molecule has 1 saturated heterocycles. The van der Waals surface area contributed by atoms with E-state index in [9.17, 15) is 9.59 Å². The van der Waals surface area contributed by atoms with Gasteiger partial charge in [0.1, 0.15) is 5.69 Å². The molecule has 1 aliphatic heterocycles. The maximum Gasteiger partial charge on any atom is 0.271 e. The van der Waals surface area contributed by atoms with Crippen LogP contribution in [0.25, 0.3) is 10.9 Å². The molecule has 1 atom stereocenters. The number of nitrogens with zero attached hydrogens (tertiary/aromatic N) is 3. The number of carbonyl (C=O) groups is 2. The predicted octanol–water partition coefficient (Wildman–Crippen LogP) is 4.01. The minimum absolute atomic E-state index is 0.0249. The number of carbonyl (C=O) groups excluding carboxylic acids is 2. The lowest BCUT2D eigenvalue weighted by molar-refractivity contribution is 0.0760. The van der Waals surface area contributed by atoms with Crippen molar-refractivity contribution in [3.8, 4) is 0 Å². The van der Waals surface area contributed by atoms with Crippen LogP contribution in [0.5, 0.6) is 0 Å². The van der Waals surface area contributed by atoms with E-state index in [1.54, 1.807) is 29.2 Å². The normalized spacial score (nSPS) is 16.3. The molecule has 150 valence electrons. The zero-order valence-corrected chi connectivity index (χ0v) is 17.4. The van der Waals surface area contributed by atoms with Gasteiger partial charge in [0.25, 0.3) is 5.91 Å². The number of aromatic amines is 1. The lowest BCUT2D eigenvalue weighted by Gasteiger charge is -2.19. The molecule has 1 fully saturated rings. The lowest BCUT2D eigenvalue weighted by Crippen LogP contribution is -2.32. The van der Waals surface area contributed by atoms with Gasteiger partial charge in [-0.05, 0) is 44.0 Å². The number of rotatable bonds is 6. The van der Waals surface area contributed by atoms with E-state index in [1.165, 1.54) is 0 Å². The summed E-state index contributed by atoms with van der Waals surface area (Å²) in [6.45, 7) is 5.71. The summed E-state index contributed by atoms with van der Waals surface area (Å²) in [5, 5.41) is 0.817. The zero-order valence-electron chi connectivity index (χ0n) is 16.6. The van der Waals surface area contributed by atoms with Gasteiger partial charge in [-0.1, -0.05) is 18.2 Å². The molecule has 1 amide bonds. The number of benzene rings is 1. The Morgan fingerprint density at radius 3 is 2.72 bits per heavy atom. The second kappa shape index (κ2) is 8.29. The first kappa shape index (κ1) is 19.5. The van der Waals surface area contributed by atoms with Crippen molar-refractivity contribution >= 4 is 40.2 Å². The van der Waals surface area contributed by atoms with E-state index in [1.807, 2.05) is 50.2 Å². The number of anilines is 1. The SMILES string of the molecule is CCN(CC)C(=O)c1[nH]c2ccccc2c1C(=O)C1CSN(c2cccnc2)C1. The first-order valence-corrected chi connectivity index (χ1v) is 10.8. The lowest BCUT2D eigenvalue weighted by atomic mass is 9.96. The number of hydrogen-bond acceptors (Lipinski definition) is 5. The third-order valence-corrected chi connectivity index (χ3v) is 6.56. The molecule has 0 spiro atoms. The monoisotopic (exact) mass is 408 g/mol. The van der Waals surface area contributed by atoms with Gasteiger partial charge in [0, 0.05) is 42.5 Å². The number of H-pyrrole nitrogens is 1. The summed E-state index contributed by atoms with van der Waals surface area (Å²) < 4.78 is 2.11. The van der Waals surface area contributed by atoms with Gasteiger partial charge in [0.2, 0.25) is 0 Å². The minimum atomic E-state index is -0.178. The summed E-state index contributed by atoms with van der Waals surface area (Å²) in [7, 11) is 0. The minimum Gasteiger partial charge on any atom is -0.350 e. The first-order chi connectivity index (χ1) is 14.1. The molecule has 1 N–H and O–H groups in total. The Kier molecular flexibility index (Phi) is 5.58. The fourth-order valence-electron chi connectivity index (χ4n) is 3.76. The van der Waals surface area contributed by atoms with Crippen molar-refractivity contribution in [1.29, 1.82) is 0 Å². The Balaban J connectivity index is 1.68. The quantitative estimate of drug-likeness (QED) is 0.493. The van der Waals surface area contributed by atoms with Gasteiger partial charge in [-0.2, -0.15) is 0 Å². The van der Waals surface area contributed by atoms with Crippen LogP contribution in [0.2, 0.25) is 0 Å². The fraction of sp³-hybridized carbons (Fsp3) is 0.318. The Morgan fingerprint density at radius 1 is 1.21 bits per heavy atom. The molecule has 3 heterocycles. The standard InChI is InChI=1S/C22H24N4O2S/c1-3-25(4-2)22(28)20-19(17-9-5-6-10-18(17)24-20)21(27)15-13-26(29-14-15)16-8-7-11-23-12-16/h5-12,15,24H,3-4,13-14H2,1-2H3. The number of fused-ring (bicyclic) bond motifs is 1. The molecule has 6 nitrogen and oxygen atoms in total. The van der Waals surface area contributed by atoms with Crippen molar-refractivity contribution in [3.05, 3.63) is 60.0 Å².